The zero-order valence-corrected chi connectivity index (χ0v) is 13.5. The summed E-state index contributed by atoms with van der Waals surface area (Å²) in [5, 5.41) is 7.75. The van der Waals surface area contributed by atoms with Crippen LogP contribution in [0.3, 0.4) is 0 Å². The number of pyridine rings is 1. The Morgan fingerprint density at radius 2 is 2.30 bits per heavy atom. The number of hydrogen-bond donors (Lipinski definition) is 1. The van der Waals surface area contributed by atoms with Gasteiger partial charge in [0.15, 0.2) is 0 Å². The van der Waals surface area contributed by atoms with E-state index >= 15 is 0 Å². The maximum absolute atomic E-state index is 5.37. The Kier molecular flexibility index (Phi) is 5.14. The maximum atomic E-state index is 5.37. The average Bonchev–Trinajstić information content (AvgIpc) is 2.83. The summed E-state index contributed by atoms with van der Waals surface area (Å²) in [6.07, 6.45) is 4.59. The van der Waals surface area contributed by atoms with Crippen LogP contribution >= 0.6 is 15.9 Å². The van der Waals surface area contributed by atoms with Crippen molar-refractivity contribution in [3.63, 3.8) is 0 Å². The van der Waals surface area contributed by atoms with Gasteiger partial charge in [-0.25, -0.2) is 4.98 Å². The topological polar surface area (TPSA) is 52.0 Å². The summed E-state index contributed by atoms with van der Waals surface area (Å²) < 4.78 is 8.36. The molecule has 0 fully saturated rings. The van der Waals surface area contributed by atoms with Crippen molar-refractivity contribution in [3.8, 4) is 5.88 Å². The summed E-state index contributed by atoms with van der Waals surface area (Å²) in [4.78, 5) is 4.27. The summed E-state index contributed by atoms with van der Waals surface area (Å²) in [5.74, 6) is 0.628. The number of aromatic nitrogens is 3. The van der Waals surface area contributed by atoms with Gasteiger partial charge in [-0.3, -0.25) is 4.68 Å². The molecule has 0 bridgehead atoms. The van der Waals surface area contributed by atoms with E-state index in [4.69, 9.17) is 4.74 Å². The Bertz CT molecular complexity index is 570. The molecule has 2 aromatic rings. The second-order valence-corrected chi connectivity index (χ2v) is 5.28. The van der Waals surface area contributed by atoms with Crippen molar-refractivity contribution in [2.45, 2.75) is 25.9 Å². The van der Waals surface area contributed by atoms with E-state index in [1.54, 1.807) is 13.3 Å². The Morgan fingerprint density at radius 3 is 2.95 bits per heavy atom. The van der Waals surface area contributed by atoms with Gasteiger partial charge >= 0.3 is 0 Å². The molecule has 0 aromatic carbocycles. The molecule has 0 saturated carbocycles. The summed E-state index contributed by atoms with van der Waals surface area (Å²) >= 11 is 3.59. The molecule has 1 unspecified atom stereocenters. The molecular weight excluding hydrogens is 320 g/mol. The Balaban J connectivity index is 2.49. The van der Waals surface area contributed by atoms with Crippen LogP contribution in [0.1, 0.15) is 30.6 Å². The average molecular weight is 339 g/mol. The zero-order valence-electron chi connectivity index (χ0n) is 11.9. The minimum atomic E-state index is -0.0259. The number of ether oxygens (including phenoxy) is 1. The monoisotopic (exact) mass is 338 g/mol. The van der Waals surface area contributed by atoms with Crippen LogP contribution in [-0.2, 0) is 6.54 Å². The van der Waals surface area contributed by atoms with E-state index in [2.05, 4.69) is 38.3 Å². The largest absolute Gasteiger partial charge is 0.481 e. The van der Waals surface area contributed by atoms with Crippen molar-refractivity contribution in [1.82, 2.24) is 20.1 Å². The number of aryl methyl sites for hydroxylation is 1. The number of rotatable bonds is 6. The van der Waals surface area contributed by atoms with Crippen LogP contribution in [0.2, 0.25) is 0 Å². The van der Waals surface area contributed by atoms with Crippen molar-refractivity contribution in [2.24, 2.45) is 0 Å². The highest BCUT2D eigenvalue weighted by Crippen LogP contribution is 2.32. The summed E-state index contributed by atoms with van der Waals surface area (Å²) in [6.45, 7) is 3.01. The second kappa shape index (κ2) is 6.85. The van der Waals surface area contributed by atoms with Crippen molar-refractivity contribution in [1.29, 1.82) is 0 Å². The fourth-order valence-corrected chi connectivity index (χ4v) is 2.81. The minimum absolute atomic E-state index is 0.0259. The molecule has 5 nitrogen and oxygen atoms in total. The van der Waals surface area contributed by atoms with E-state index in [9.17, 15) is 0 Å². The molecule has 0 amide bonds. The molecule has 0 saturated heterocycles. The molecule has 0 aliphatic rings. The molecule has 0 spiro atoms. The molecule has 2 rings (SSSR count). The molecular formula is C14H19BrN4O. The van der Waals surface area contributed by atoms with Crippen LogP contribution in [0.4, 0.5) is 0 Å². The fourth-order valence-electron chi connectivity index (χ4n) is 2.28. The lowest BCUT2D eigenvalue weighted by Crippen LogP contribution is -2.23. The third-order valence-electron chi connectivity index (χ3n) is 3.14. The van der Waals surface area contributed by atoms with E-state index < -0.39 is 0 Å². The first kappa shape index (κ1) is 15.0. The normalized spacial score (nSPS) is 12.4. The lowest BCUT2D eigenvalue weighted by molar-refractivity contribution is 0.386. The smallest absolute Gasteiger partial charge is 0.218 e. The van der Waals surface area contributed by atoms with Crippen molar-refractivity contribution >= 4 is 15.9 Å². The van der Waals surface area contributed by atoms with E-state index in [-0.39, 0.29) is 6.04 Å². The quantitative estimate of drug-likeness (QED) is 0.879. The van der Waals surface area contributed by atoms with E-state index in [1.807, 2.05) is 30.1 Å². The maximum Gasteiger partial charge on any atom is 0.218 e. The molecule has 0 aliphatic heterocycles. The lowest BCUT2D eigenvalue weighted by atomic mass is 10.1. The second-order valence-electron chi connectivity index (χ2n) is 4.42. The van der Waals surface area contributed by atoms with E-state index in [0.29, 0.717) is 5.88 Å². The van der Waals surface area contributed by atoms with Gasteiger partial charge in [0.05, 0.1) is 29.5 Å². The van der Waals surface area contributed by atoms with Gasteiger partial charge in [0.2, 0.25) is 5.88 Å². The van der Waals surface area contributed by atoms with Gasteiger partial charge in [0.25, 0.3) is 0 Å². The van der Waals surface area contributed by atoms with Gasteiger partial charge in [-0.2, -0.15) is 5.10 Å². The van der Waals surface area contributed by atoms with Crippen LogP contribution in [0.5, 0.6) is 5.88 Å². The number of methoxy groups -OCH3 is 1. The van der Waals surface area contributed by atoms with Gasteiger partial charge < -0.3 is 10.1 Å². The predicted molar refractivity (Wildman–Crippen MR) is 81.9 cm³/mol. The first-order chi connectivity index (χ1) is 9.72. The van der Waals surface area contributed by atoms with E-state index in [0.717, 1.165) is 28.7 Å². The summed E-state index contributed by atoms with van der Waals surface area (Å²) in [6, 6.07) is 3.90. The summed E-state index contributed by atoms with van der Waals surface area (Å²) in [5.41, 5.74) is 2.08. The fraction of sp³-hybridized carbons (Fsp3) is 0.429. The van der Waals surface area contributed by atoms with Crippen LogP contribution in [0.25, 0.3) is 0 Å². The molecule has 108 valence electrons. The number of nitrogens with zero attached hydrogens (tertiary/aromatic N) is 3. The van der Waals surface area contributed by atoms with Crippen LogP contribution in [0, 0.1) is 0 Å². The Labute approximate surface area is 127 Å². The Morgan fingerprint density at radius 1 is 1.50 bits per heavy atom. The van der Waals surface area contributed by atoms with Crippen LogP contribution in [0.15, 0.2) is 29.0 Å². The third kappa shape index (κ3) is 2.86. The first-order valence-electron chi connectivity index (χ1n) is 6.60. The van der Waals surface area contributed by atoms with Gasteiger partial charge in [0.1, 0.15) is 0 Å². The number of halogens is 1. The molecule has 20 heavy (non-hydrogen) atoms. The lowest BCUT2D eigenvalue weighted by Gasteiger charge is -2.20. The minimum Gasteiger partial charge on any atom is -0.481 e. The van der Waals surface area contributed by atoms with E-state index in [1.165, 1.54) is 0 Å². The van der Waals surface area contributed by atoms with Gasteiger partial charge in [-0.15, -0.1) is 0 Å². The third-order valence-corrected chi connectivity index (χ3v) is 3.75. The predicted octanol–water partition coefficient (Wildman–Crippen LogP) is 2.77. The molecule has 0 aliphatic carbocycles. The highest BCUT2D eigenvalue weighted by Gasteiger charge is 2.23. The van der Waals surface area contributed by atoms with Crippen molar-refractivity contribution in [3.05, 3.63) is 40.3 Å². The molecule has 2 heterocycles. The molecule has 1 atom stereocenters. The van der Waals surface area contributed by atoms with Crippen molar-refractivity contribution < 1.29 is 4.74 Å². The molecule has 1 N–H and O–H groups in total. The zero-order chi connectivity index (χ0) is 14.5. The van der Waals surface area contributed by atoms with Gasteiger partial charge in [-0.1, -0.05) is 13.0 Å². The highest BCUT2D eigenvalue weighted by atomic mass is 79.9. The molecule has 0 radical (unpaired) electrons. The Hall–Kier alpha value is -1.40. The molecule has 2 aromatic heterocycles. The SMILES string of the molecule is CCCn1ncc(Br)c1C(NC)c1cccnc1OC. The first-order valence-corrected chi connectivity index (χ1v) is 7.39. The molecule has 6 heteroatoms. The van der Waals surface area contributed by atoms with Crippen molar-refractivity contribution in [2.75, 3.05) is 14.2 Å². The number of hydrogen-bond acceptors (Lipinski definition) is 4. The van der Waals surface area contributed by atoms with Gasteiger partial charge in [0, 0.05) is 18.3 Å². The van der Waals surface area contributed by atoms with Crippen LogP contribution < -0.4 is 10.1 Å². The standard InChI is InChI=1S/C14H19BrN4O/c1-4-8-19-13(11(15)9-18-19)12(16-2)10-6-5-7-17-14(10)20-3/h5-7,9,12,16H,4,8H2,1-3H3. The van der Waals surface area contributed by atoms with Crippen LogP contribution in [-0.4, -0.2) is 28.9 Å². The highest BCUT2D eigenvalue weighted by molar-refractivity contribution is 9.10. The number of nitrogens with one attached hydrogen (secondary N) is 1. The van der Waals surface area contributed by atoms with Gasteiger partial charge in [-0.05, 0) is 35.5 Å². The summed E-state index contributed by atoms with van der Waals surface area (Å²) in [7, 11) is 3.56.